The van der Waals surface area contributed by atoms with Gasteiger partial charge >= 0.3 is 0 Å². The van der Waals surface area contributed by atoms with Gasteiger partial charge < -0.3 is 9.64 Å². The highest BCUT2D eigenvalue weighted by molar-refractivity contribution is 5.04. The average Bonchev–Trinajstić information content (AvgIpc) is 2.53. The van der Waals surface area contributed by atoms with Gasteiger partial charge in [-0.3, -0.25) is 4.90 Å². The van der Waals surface area contributed by atoms with Gasteiger partial charge in [-0.2, -0.15) is 0 Å². The van der Waals surface area contributed by atoms with E-state index < -0.39 is 0 Å². The minimum atomic E-state index is 0.388. The van der Waals surface area contributed by atoms with E-state index in [0.717, 1.165) is 50.9 Å². The topological polar surface area (TPSA) is 41.5 Å². The number of hydrogen-bond donors (Lipinski definition) is 0. The second kappa shape index (κ2) is 9.18. The summed E-state index contributed by atoms with van der Waals surface area (Å²) in [5.74, 6) is 1.33. The Morgan fingerprint density at radius 1 is 1.27 bits per heavy atom. The van der Waals surface area contributed by atoms with Crippen molar-refractivity contribution in [2.75, 3.05) is 46.4 Å². The molecule has 0 amide bonds. The van der Waals surface area contributed by atoms with Crippen LogP contribution in [0.25, 0.3) is 0 Å². The van der Waals surface area contributed by atoms with Crippen LogP contribution in [0.2, 0.25) is 0 Å². The molecule has 0 N–H and O–H groups in total. The first kappa shape index (κ1) is 17.3. The van der Waals surface area contributed by atoms with Gasteiger partial charge in [-0.15, -0.1) is 0 Å². The molecule has 5 nitrogen and oxygen atoms in total. The Bertz CT molecular complexity index is 432. The van der Waals surface area contributed by atoms with E-state index in [0.29, 0.717) is 5.92 Å². The second-order valence-electron chi connectivity index (χ2n) is 6.46. The number of hydrogen-bond acceptors (Lipinski definition) is 5. The molecule has 1 aromatic heterocycles. The summed E-state index contributed by atoms with van der Waals surface area (Å²) in [4.78, 5) is 13.8. The summed E-state index contributed by atoms with van der Waals surface area (Å²) in [6.07, 6.45) is 4.37. The van der Waals surface area contributed by atoms with Crippen molar-refractivity contribution in [3.8, 4) is 0 Å². The number of morpholine rings is 1. The molecule has 0 unspecified atom stereocenters. The first-order valence-electron chi connectivity index (χ1n) is 8.45. The van der Waals surface area contributed by atoms with E-state index in [1.54, 1.807) is 0 Å². The summed E-state index contributed by atoms with van der Waals surface area (Å²) >= 11 is 0. The van der Waals surface area contributed by atoms with Crippen molar-refractivity contribution in [2.24, 2.45) is 0 Å². The van der Waals surface area contributed by atoms with E-state index in [1.807, 2.05) is 12.3 Å². The van der Waals surface area contributed by atoms with Crippen molar-refractivity contribution in [1.29, 1.82) is 0 Å². The highest BCUT2D eigenvalue weighted by Crippen LogP contribution is 2.09. The normalized spacial score (nSPS) is 16.6. The monoisotopic (exact) mass is 306 g/mol. The van der Waals surface area contributed by atoms with Crippen LogP contribution in [0.3, 0.4) is 0 Å². The van der Waals surface area contributed by atoms with E-state index >= 15 is 0 Å². The van der Waals surface area contributed by atoms with E-state index in [4.69, 9.17) is 4.74 Å². The van der Waals surface area contributed by atoms with E-state index in [1.165, 1.54) is 19.4 Å². The van der Waals surface area contributed by atoms with Gasteiger partial charge in [-0.05, 0) is 39.0 Å². The highest BCUT2D eigenvalue weighted by Gasteiger charge is 2.10. The van der Waals surface area contributed by atoms with Crippen LogP contribution in [0, 0.1) is 0 Å². The third kappa shape index (κ3) is 5.99. The van der Waals surface area contributed by atoms with Gasteiger partial charge in [0.15, 0.2) is 0 Å². The summed E-state index contributed by atoms with van der Waals surface area (Å²) in [5.41, 5.74) is 1.12. The fraction of sp³-hybridized carbons (Fsp3) is 0.765. The first-order chi connectivity index (χ1) is 10.6. The average molecular weight is 306 g/mol. The van der Waals surface area contributed by atoms with Crippen LogP contribution >= 0.6 is 0 Å². The largest absolute Gasteiger partial charge is 0.379 e. The Morgan fingerprint density at radius 3 is 2.77 bits per heavy atom. The quantitative estimate of drug-likeness (QED) is 0.688. The SMILES string of the molecule is CC(C)c1nccc(CN(C)CCCCN2CCOCC2)n1. The maximum absolute atomic E-state index is 5.38. The highest BCUT2D eigenvalue weighted by atomic mass is 16.5. The molecular formula is C17H30N4O. The molecule has 1 fully saturated rings. The fourth-order valence-electron chi connectivity index (χ4n) is 2.68. The number of rotatable bonds is 8. The van der Waals surface area contributed by atoms with Crippen molar-refractivity contribution in [1.82, 2.24) is 19.8 Å². The lowest BCUT2D eigenvalue weighted by atomic mass is 10.2. The lowest BCUT2D eigenvalue weighted by Gasteiger charge is -2.26. The third-order valence-electron chi connectivity index (χ3n) is 4.05. The second-order valence-corrected chi connectivity index (χ2v) is 6.46. The summed E-state index contributed by atoms with van der Waals surface area (Å²) in [7, 11) is 2.17. The van der Waals surface area contributed by atoms with Crippen molar-refractivity contribution in [2.45, 2.75) is 39.2 Å². The zero-order chi connectivity index (χ0) is 15.8. The van der Waals surface area contributed by atoms with Gasteiger partial charge in [0.2, 0.25) is 0 Å². The van der Waals surface area contributed by atoms with Gasteiger partial charge in [-0.25, -0.2) is 9.97 Å². The maximum Gasteiger partial charge on any atom is 0.131 e. The van der Waals surface area contributed by atoms with Crippen molar-refractivity contribution >= 4 is 0 Å². The van der Waals surface area contributed by atoms with E-state index in [9.17, 15) is 0 Å². The molecule has 0 radical (unpaired) electrons. The zero-order valence-corrected chi connectivity index (χ0v) is 14.3. The zero-order valence-electron chi connectivity index (χ0n) is 14.3. The molecule has 1 aliphatic rings. The molecular weight excluding hydrogens is 276 g/mol. The standard InChI is InChI=1S/C17H30N4O/c1-15(2)17-18-7-6-16(19-17)14-20(3)8-4-5-9-21-10-12-22-13-11-21/h6-7,15H,4-5,8-14H2,1-3H3. The molecule has 0 aliphatic carbocycles. The Morgan fingerprint density at radius 2 is 2.05 bits per heavy atom. The van der Waals surface area contributed by atoms with Gasteiger partial charge in [-0.1, -0.05) is 13.8 Å². The summed E-state index contributed by atoms with van der Waals surface area (Å²) in [5, 5.41) is 0. The van der Waals surface area contributed by atoms with Crippen LogP contribution in [-0.4, -0.2) is 66.2 Å². The molecule has 0 spiro atoms. The molecule has 0 atom stereocenters. The van der Waals surface area contributed by atoms with Crippen molar-refractivity contribution in [3.05, 3.63) is 23.8 Å². The Hall–Kier alpha value is -1.04. The molecule has 1 saturated heterocycles. The molecule has 22 heavy (non-hydrogen) atoms. The number of nitrogens with zero attached hydrogens (tertiary/aromatic N) is 4. The fourth-order valence-corrected chi connectivity index (χ4v) is 2.68. The number of unbranched alkanes of at least 4 members (excludes halogenated alkanes) is 1. The Balaban J connectivity index is 1.64. The van der Waals surface area contributed by atoms with Crippen LogP contribution in [0.5, 0.6) is 0 Å². The molecule has 0 bridgehead atoms. The summed E-state index contributed by atoms with van der Waals surface area (Å²) < 4.78 is 5.38. The van der Waals surface area contributed by atoms with E-state index in [2.05, 4.69) is 40.7 Å². The van der Waals surface area contributed by atoms with Gasteiger partial charge in [0.25, 0.3) is 0 Å². The van der Waals surface area contributed by atoms with Crippen LogP contribution in [0.15, 0.2) is 12.3 Å². The number of aromatic nitrogens is 2. The van der Waals surface area contributed by atoms with Crippen molar-refractivity contribution < 1.29 is 4.74 Å². The molecule has 5 heteroatoms. The van der Waals surface area contributed by atoms with Crippen molar-refractivity contribution in [3.63, 3.8) is 0 Å². The predicted octanol–water partition coefficient (Wildman–Crippen LogP) is 2.14. The molecule has 0 saturated carbocycles. The van der Waals surface area contributed by atoms with Gasteiger partial charge in [0.05, 0.1) is 18.9 Å². The lowest BCUT2D eigenvalue weighted by Crippen LogP contribution is -2.37. The van der Waals surface area contributed by atoms with Gasteiger partial charge in [0.1, 0.15) is 5.82 Å². The Kier molecular flexibility index (Phi) is 7.22. The minimum Gasteiger partial charge on any atom is -0.379 e. The molecule has 124 valence electrons. The number of ether oxygens (including phenoxy) is 1. The Labute approximate surface area is 134 Å². The molecule has 2 rings (SSSR count). The third-order valence-corrected chi connectivity index (χ3v) is 4.05. The minimum absolute atomic E-state index is 0.388. The van der Waals surface area contributed by atoms with Crippen LogP contribution < -0.4 is 0 Å². The molecule has 1 aromatic rings. The van der Waals surface area contributed by atoms with Crippen LogP contribution in [0.1, 0.15) is 44.1 Å². The van der Waals surface area contributed by atoms with Crippen LogP contribution in [0.4, 0.5) is 0 Å². The lowest BCUT2D eigenvalue weighted by molar-refractivity contribution is 0.0369. The van der Waals surface area contributed by atoms with E-state index in [-0.39, 0.29) is 0 Å². The summed E-state index contributed by atoms with van der Waals surface area (Å²) in [6.45, 7) is 11.5. The summed E-state index contributed by atoms with van der Waals surface area (Å²) in [6, 6.07) is 2.02. The molecule has 0 aromatic carbocycles. The molecule has 1 aliphatic heterocycles. The molecule has 2 heterocycles. The predicted molar refractivity (Wildman–Crippen MR) is 88.9 cm³/mol. The van der Waals surface area contributed by atoms with Gasteiger partial charge in [0, 0.05) is 31.7 Å². The first-order valence-corrected chi connectivity index (χ1v) is 8.45. The smallest absolute Gasteiger partial charge is 0.131 e. The maximum atomic E-state index is 5.38. The van der Waals surface area contributed by atoms with Crippen LogP contribution in [-0.2, 0) is 11.3 Å².